The summed E-state index contributed by atoms with van der Waals surface area (Å²) in [6.45, 7) is 2.46. The van der Waals surface area contributed by atoms with Crippen molar-refractivity contribution in [1.82, 2.24) is 0 Å². The van der Waals surface area contributed by atoms with E-state index in [-0.39, 0.29) is 12.2 Å². The molecule has 1 unspecified atom stereocenters. The van der Waals surface area contributed by atoms with Gasteiger partial charge in [-0.2, -0.15) is 8.78 Å². The van der Waals surface area contributed by atoms with E-state index in [0.717, 1.165) is 24.3 Å². The van der Waals surface area contributed by atoms with E-state index in [0.29, 0.717) is 0 Å². The number of alkyl halides is 2. The van der Waals surface area contributed by atoms with Gasteiger partial charge >= 0.3 is 11.9 Å². The Hall–Kier alpha value is -1.56. The van der Waals surface area contributed by atoms with Crippen molar-refractivity contribution in [1.29, 1.82) is 0 Å². The van der Waals surface area contributed by atoms with E-state index >= 15 is 0 Å². The first-order valence-electron chi connectivity index (χ1n) is 5.83. The molecule has 0 bridgehead atoms. The zero-order valence-corrected chi connectivity index (χ0v) is 10.6. The Labute approximate surface area is 109 Å². The number of ether oxygens (including phenoxy) is 1. The Kier molecular flexibility index (Phi) is 4.57. The number of halogens is 3. The van der Waals surface area contributed by atoms with Gasteiger partial charge in [0.15, 0.2) is 5.60 Å². The molecule has 0 amide bonds. The highest BCUT2D eigenvalue weighted by Crippen LogP contribution is 2.41. The maximum Gasteiger partial charge on any atom is 0.380 e. The van der Waals surface area contributed by atoms with Crippen molar-refractivity contribution in [3.63, 3.8) is 0 Å². The van der Waals surface area contributed by atoms with E-state index in [1.165, 1.54) is 13.8 Å². The van der Waals surface area contributed by atoms with Crippen LogP contribution in [0.3, 0.4) is 0 Å². The van der Waals surface area contributed by atoms with Gasteiger partial charge in [0, 0.05) is 0 Å². The molecule has 1 atom stereocenters. The number of benzene rings is 1. The molecule has 0 aromatic heterocycles. The molecule has 0 fully saturated rings. The summed E-state index contributed by atoms with van der Waals surface area (Å²) in [6, 6.07) is 3.92. The second-order valence-corrected chi connectivity index (χ2v) is 4.02. The van der Waals surface area contributed by atoms with Crippen molar-refractivity contribution >= 4 is 5.97 Å². The minimum atomic E-state index is -4.12. The van der Waals surface area contributed by atoms with Gasteiger partial charge < -0.3 is 9.84 Å². The fraction of sp³-hybridized carbons (Fsp3) is 0.462. The van der Waals surface area contributed by atoms with Crippen LogP contribution >= 0.6 is 0 Å². The van der Waals surface area contributed by atoms with Gasteiger partial charge in [-0.1, -0.05) is 19.1 Å². The number of carbonyl (C=O) groups is 1. The monoisotopic (exact) mass is 276 g/mol. The second kappa shape index (κ2) is 5.61. The fourth-order valence-electron chi connectivity index (χ4n) is 1.72. The first-order valence-corrected chi connectivity index (χ1v) is 5.83. The Morgan fingerprint density at radius 3 is 2.21 bits per heavy atom. The van der Waals surface area contributed by atoms with Gasteiger partial charge in [-0.3, -0.25) is 0 Å². The lowest BCUT2D eigenvalue weighted by atomic mass is 9.85. The molecule has 1 rings (SSSR count). The van der Waals surface area contributed by atoms with E-state index in [9.17, 15) is 23.1 Å². The summed E-state index contributed by atoms with van der Waals surface area (Å²) >= 11 is 0. The summed E-state index contributed by atoms with van der Waals surface area (Å²) in [6.07, 6.45) is -0.426. The van der Waals surface area contributed by atoms with Crippen molar-refractivity contribution < 1.29 is 27.8 Å². The van der Waals surface area contributed by atoms with Crippen LogP contribution in [0.25, 0.3) is 0 Å². The number of carbonyl (C=O) groups excluding carboxylic acids is 1. The van der Waals surface area contributed by atoms with Gasteiger partial charge in [0.05, 0.1) is 6.61 Å². The first kappa shape index (κ1) is 15.5. The molecule has 0 spiro atoms. The standard InChI is InChI=1S/C13H15F3O3/c1-3-12(18,9-5-7-10(14)8-6-9)13(15,16)11(17)19-4-2/h5-8,18H,3-4H2,1-2H3. The highest BCUT2D eigenvalue weighted by Gasteiger charge is 2.59. The Morgan fingerprint density at radius 1 is 1.26 bits per heavy atom. The molecule has 0 heterocycles. The molecule has 1 N–H and O–H groups in total. The number of esters is 1. The van der Waals surface area contributed by atoms with Gasteiger partial charge in [0.25, 0.3) is 0 Å². The third kappa shape index (κ3) is 2.73. The molecule has 0 saturated heterocycles. The number of hydrogen-bond donors (Lipinski definition) is 1. The Bertz CT molecular complexity index is 445. The van der Waals surface area contributed by atoms with Crippen LogP contribution in [0, 0.1) is 5.82 Å². The SMILES string of the molecule is CCOC(=O)C(F)(F)C(O)(CC)c1ccc(F)cc1. The highest BCUT2D eigenvalue weighted by atomic mass is 19.3. The summed E-state index contributed by atoms with van der Waals surface area (Å²) < 4.78 is 45.1. The first-order chi connectivity index (χ1) is 8.79. The van der Waals surface area contributed by atoms with Crippen LogP contribution in [0.1, 0.15) is 25.8 Å². The lowest BCUT2D eigenvalue weighted by Crippen LogP contribution is -2.51. The van der Waals surface area contributed by atoms with E-state index < -0.39 is 29.7 Å². The van der Waals surface area contributed by atoms with Crippen LogP contribution in [0.2, 0.25) is 0 Å². The van der Waals surface area contributed by atoms with Gasteiger partial charge in [-0.15, -0.1) is 0 Å². The van der Waals surface area contributed by atoms with Crippen molar-refractivity contribution in [2.45, 2.75) is 31.8 Å². The second-order valence-electron chi connectivity index (χ2n) is 4.02. The predicted molar refractivity (Wildman–Crippen MR) is 62.2 cm³/mol. The zero-order chi connectivity index (χ0) is 14.7. The Morgan fingerprint density at radius 2 is 1.79 bits per heavy atom. The summed E-state index contributed by atoms with van der Waals surface area (Å²) in [5.41, 5.74) is -2.97. The summed E-state index contributed by atoms with van der Waals surface area (Å²) in [5.74, 6) is -6.54. The molecule has 0 radical (unpaired) electrons. The third-order valence-electron chi connectivity index (χ3n) is 2.88. The normalized spacial score (nSPS) is 14.8. The molecule has 1 aromatic rings. The quantitative estimate of drug-likeness (QED) is 0.841. The van der Waals surface area contributed by atoms with Crippen molar-refractivity contribution in [3.05, 3.63) is 35.6 Å². The lowest BCUT2D eigenvalue weighted by molar-refractivity contribution is -0.218. The summed E-state index contributed by atoms with van der Waals surface area (Å²) in [7, 11) is 0. The molecule has 19 heavy (non-hydrogen) atoms. The average Bonchev–Trinajstić information content (AvgIpc) is 2.38. The van der Waals surface area contributed by atoms with E-state index in [1.807, 2.05) is 0 Å². The minimum Gasteiger partial charge on any atom is -0.461 e. The van der Waals surface area contributed by atoms with Crippen LogP contribution in [0.5, 0.6) is 0 Å². The van der Waals surface area contributed by atoms with E-state index in [1.54, 1.807) is 0 Å². The van der Waals surface area contributed by atoms with Crippen molar-refractivity contribution in [3.8, 4) is 0 Å². The predicted octanol–water partition coefficient (Wildman–Crippen LogP) is 2.62. The Balaban J connectivity index is 3.22. The molecule has 106 valence electrons. The van der Waals surface area contributed by atoms with Crippen LogP contribution in [0.4, 0.5) is 13.2 Å². The maximum atomic E-state index is 14.0. The van der Waals surface area contributed by atoms with Crippen LogP contribution < -0.4 is 0 Å². The molecule has 0 aliphatic rings. The van der Waals surface area contributed by atoms with E-state index in [4.69, 9.17) is 0 Å². The number of rotatable bonds is 5. The van der Waals surface area contributed by atoms with E-state index in [2.05, 4.69) is 4.74 Å². The van der Waals surface area contributed by atoms with Crippen LogP contribution in [-0.2, 0) is 15.1 Å². The third-order valence-corrected chi connectivity index (χ3v) is 2.88. The molecule has 0 aliphatic carbocycles. The van der Waals surface area contributed by atoms with Crippen LogP contribution in [-0.4, -0.2) is 23.6 Å². The smallest absolute Gasteiger partial charge is 0.380 e. The van der Waals surface area contributed by atoms with Crippen LogP contribution in [0.15, 0.2) is 24.3 Å². The lowest BCUT2D eigenvalue weighted by Gasteiger charge is -2.33. The molecule has 1 aromatic carbocycles. The molecule has 3 nitrogen and oxygen atoms in total. The molecular formula is C13H15F3O3. The maximum absolute atomic E-state index is 14.0. The fourth-order valence-corrected chi connectivity index (χ4v) is 1.72. The average molecular weight is 276 g/mol. The summed E-state index contributed by atoms with van der Waals surface area (Å²) in [5, 5.41) is 10.1. The highest BCUT2D eigenvalue weighted by molar-refractivity contribution is 5.79. The minimum absolute atomic E-state index is 0.225. The number of aliphatic hydroxyl groups is 1. The molecule has 0 aliphatic heterocycles. The number of hydrogen-bond acceptors (Lipinski definition) is 3. The van der Waals surface area contributed by atoms with Crippen molar-refractivity contribution in [2.24, 2.45) is 0 Å². The topological polar surface area (TPSA) is 46.5 Å². The van der Waals surface area contributed by atoms with Gasteiger partial charge in [0.1, 0.15) is 5.82 Å². The van der Waals surface area contributed by atoms with Gasteiger partial charge in [-0.25, -0.2) is 9.18 Å². The molecular weight excluding hydrogens is 261 g/mol. The van der Waals surface area contributed by atoms with Gasteiger partial charge in [0.2, 0.25) is 0 Å². The molecule has 6 heteroatoms. The largest absolute Gasteiger partial charge is 0.461 e. The van der Waals surface area contributed by atoms with Gasteiger partial charge in [-0.05, 0) is 31.0 Å². The van der Waals surface area contributed by atoms with Crippen molar-refractivity contribution in [2.75, 3.05) is 6.61 Å². The molecule has 0 saturated carbocycles. The zero-order valence-electron chi connectivity index (χ0n) is 10.6. The summed E-state index contributed by atoms with van der Waals surface area (Å²) in [4.78, 5) is 11.3.